The smallest absolute Gasteiger partial charge is 0.343 e. The van der Waals surface area contributed by atoms with Gasteiger partial charge in [-0.1, -0.05) is 29.8 Å². The zero-order chi connectivity index (χ0) is 30.8. The summed E-state index contributed by atoms with van der Waals surface area (Å²) < 4.78 is 34.0. The van der Waals surface area contributed by atoms with Gasteiger partial charge in [0, 0.05) is 29.8 Å². The molecule has 0 unspecified atom stereocenters. The van der Waals surface area contributed by atoms with Crippen molar-refractivity contribution in [3.8, 4) is 5.75 Å². The van der Waals surface area contributed by atoms with Crippen molar-refractivity contribution in [2.75, 3.05) is 4.31 Å². The van der Waals surface area contributed by atoms with Crippen LogP contribution >= 0.6 is 0 Å². The quantitative estimate of drug-likeness (QED) is 0.109. The molecule has 0 heterocycles. The van der Waals surface area contributed by atoms with Crippen LogP contribution in [0.2, 0.25) is 0 Å². The molecule has 0 saturated heterocycles. The molecule has 0 atom stereocenters. The zero-order valence-electron chi connectivity index (χ0n) is 22.5. The number of amides is 1. The Morgan fingerprint density at radius 3 is 1.76 bits per heavy atom. The van der Waals surface area contributed by atoms with Gasteiger partial charge in [0.25, 0.3) is 27.3 Å². The van der Waals surface area contributed by atoms with Crippen molar-refractivity contribution in [1.29, 1.82) is 0 Å². The summed E-state index contributed by atoms with van der Waals surface area (Å²) in [5.74, 6) is -1.97. The lowest BCUT2D eigenvalue weighted by molar-refractivity contribution is -0.385. The lowest BCUT2D eigenvalue weighted by atomic mass is 10.1. The van der Waals surface area contributed by atoms with Crippen LogP contribution < -0.4 is 9.04 Å². The Morgan fingerprint density at radius 1 is 0.738 bits per heavy atom. The summed E-state index contributed by atoms with van der Waals surface area (Å²) in [5.41, 5.74) is 0.460. The van der Waals surface area contributed by atoms with Crippen LogP contribution in [0.1, 0.15) is 37.4 Å². The second-order valence-electron chi connectivity index (χ2n) is 9.30. The summed E-state index contributed by atoms with van der Waals surface area (Å²) in [6.07, 6.45) is 0. The lowest BCUT2D eigenvalue weighted by Crippen LogP contribution is -2.37. The Bertz CT molecular complexity index is 1830. The van der Waals surface area contributed by atoms with Gasteiger partial charge in [0.1, 0.15) is 5.75 Å². The molecule has 0 aliphatic heterocycles. The van der Waals surface area contributed by atoms with Crippen LogP contribution in [0, 0.1) is 41.0 Å². The molecule has 0 spiro atoms. The standard InChI is InChI=1S/C29H23N3O9S/c1-18-14-19(2)27(20(3)15-18)42(39,40)30(28(33)21-6-4-8-24(16-21)31(35)36)23-10-12-26(13-11-23)41-29(34)22-7-5-9-25(17-22)32(37)38/h4-17H,1-3H3. The highest BCUT2D eigenvalue weighted by Gasteiger charge is 2.35. The number of carbonyl (C=O) groups is 2. The molecule has 4 rings (SSSR count). The number of benzene rings is 4. The highest BCUT2D eigenvalue weighted by atomic mass is 32.2. The Morgan fingerprint density at radius 2 is 1.24 bits per heavy atom. The number of ether oxygens (including phenoxy) is 1. The topological polar surface area (TPSA) is 167 Å². The molecule has 214 valence electrons. The van der Waals surface area contributed by atoms with E-state index in [1.807, 2.05) is 0 Å². The average molecular weight is 590 g/mol. The van der Waals surface area contributed by atoms with E-state index in [-0.39, 0.29) is 33.1 Å². The minimum absolute atomic E-state index is 0.0295. The van der Waals surface area contributed by atoms with Gasteiger partial charge in [-0.3, -0.25) is 25.0 Å². The van der Waals surface area contributed by atoms with E-state index in [4.69, 9.17) is 4.74 Å². The van der Waals surface area contributed by atoms with Crippen molar-refractivity contribution >= 4 is 39.0 Å². The average Bonchev–Trinajstić information content (AvgIpc) is 2.93. The Kier molecular flexibility index (Phi) is 8.15. The minimum Gasteiger partial charge on any atom is -0.423 e. The number of non-ortho nitro benzene ring substituents is 2. The molecule has 12 nitrogen and oxygen atoms in total. The number of nitro groups is 2. The van der Waals surface area contributed by atoms with Crippen LogP contribution in [0.15, 0.2) is 89.8 Å². The molecule has 13 heteroatoms. The fourth-order valence-electron chi connectivity index (χ4n) is 4.46. The van der Waals surface area contributed by atoms with Crippen LogP contribution in [0.5, 0.6) is 5.75 Å². The Balaban J connectivity index is 1.77. The predicted octanol–water partition coefficient (Wildman–Crippen LogP) is 5.68. The third-order valence-corrected chi connectivity index (χ3v) is 8.18. The lowest BCUT2D eigenvalue weighted by Gasteiger charge is -2.25. The molecule has 0 bridgehead atoms. The summed E-state index contributed by atoms with van der Waals surface area (Å²) >= 11 is 0. The van der Waals surface area contributed by atoms with E-state index >= 15 is 0 Å². The normalized spacial score (nSPS) is 11.0. The summed E-state index contributed by atoms with van der Waals surface area (Å²) in [7, 11) is -4.56. The van der Waals surface area contributed by atoms with E-state index in [0.717, 1.165) is 17.7 Å². The molecular weight excluding hydrogens is 566 g/mol. The van der Waals surface area contributed by atoms with E-state index < -0.39 is 37.4 Å². The van der Waals surface area contributed by atoms with Crippen molar-refractivity contribution in [1.82, 2.24) is 0 Å². The van der Waals surface area contributed by atoms with Crippen molar-refractivity contribution in [3.63, 3.8) is 0 Å². The fraction of sp³-hybridized carbons (Fsp3) is 0.103. The van der Waals surface area contributed by atoms with Gasteiger partial charge >= 0.3 is 5.97 Å². The number of nitro benzene ring substituents is 2. The monoisotopic (exact) mass is 589 g/mol. The van der Waals surface area contributed by atoms with E-state index in [0.29, 0.717) is 15.4 Å². The minimum atomic E-state index is -4.56. The first-order valence-corrected chi connectivity index (χ1v) is 13.7. The van der Waals surface area contributed by atoms with Crippen LogP contribution in [0.4, 0.5) is 17.1 Å². The van der Waals surface area contributed by atoms with Crippen molar-refractivity contribution in [2.45, 2.75) is 25.7 Å². The third-order valence-electron chi connectivity index (χ3n) is 6.17. The van der Waals surface area contributed by atoms with E-state index in [1.165, 1.54) is 60.7 Å². The van der Waals surface area contributed by atoms with Crippen LogP contribution in [0.3, 0.4) is 0 Å². The maximum Gasteiger partial charge on any atom is 0.343 e. The zero-order valence-corrected chi connectivity index (χ0v) is 23.3. The number of sulfonamides is 1. The SMILES string of the molecule is Cc1cc(C)c(S(=O)(=O)N(C(=O)c2cccc([N+](=O)[O-])c2)c2ccc(OC(=O)c3cccc([N+](=O)[O-])c3)cc2)c(C)c1. The summed E-state index contributed by atoms with van der Waals surface area (Å²) in [5, 5.41) is 22.3. The first-order valence-electron chi connectivity index (χ1n) is 12.3. The molecular formula is C29H23N3O9S. The maximum atomic E-state index is 14.1. The molecule has 0 saturated carbocycles. The van der Waals surface area contributed by atoms with Crippen LogP contribution in [-0.2, 0) is 10.0 Å². The molecule has 0 N–H and O–H groups in total. The third kappa shape index (κ3) is 6.00. The molecule has 0 aromatic heterocycles. The van der Waals surface area contributed by atoms with Gasteiger partial charge in [-0.2, -0.15) is 4.31 Å². The highest BCUT2D eigenvalue weighted by molar-refractivity contribution is 7.93. The summed E-state index contributed by atoms with van der Waals surface area (Å²) in [6.45, 7) is 4.99. The molecule has 1 amide bonds. The number of aryl methyl sites for hydroxylation is 3. The maximum absolute atomic E-state index is 14.1. The number of hydrogen-bond acceptors (Lipinski definition) is 9. The largest absolute Gasteiger partial charge is 0.423 e. The van der Waals surface area contributed by atoms with Crippen molar-refractivity contribution in [3.05, 3.63) is 133 Å². The second-order valence-corrected chi connectivity index (χ2v) is 11.0. The number of rotatable bonds is 8. The van der Waals surface area contributed by atoms with E-state index in [9.17, 15) is 38.2 Å². The van der Waals surface area contributed by atoms with Crippen molar-refractivity contribution < 1.29 is 32.6 Å². The number of anilines is 1. The molecule has 42 heavy (non-hydrogen) atoms. The number of esters is 1. The van der Waals surface area contributed by atoms with Gasteiger partial charge in [0.2, 0.25) is 0 Å². The van der Waals surface area contributed by atoms with Gasteiger partial charge in [-0.05, 0) is 68.3 Å². The molecule has 0 aliphatic carbocycles. The number of nitrogens with zero attached hydrogens (tertiary/aromatic N) is 3. The van der Waals surface area contributed by atoms with Gasteiger partial charge in [0.15, 0.2) is 0 Å². The second kappa shape index (κ2) is 11.6. The number of hydrogen-bond donors (Lipinski definition) is 0. The first kappa shape index (κ1) is 29.6. The first-order chi connectivity index (χ1) is 19.8. The molecule has 4 aromatic rings. The van der Waals surface area contributed by atoms with E-state index in [1.54, 1.807) is 32.9 Å². The molecule has 0 aliphatic rings. The van der Waals surface area contributed by atoms with E-state index in [2.05, 4.69) is 0 Å². The van der Waals surface area contributed by atoms with Gasteiger partial charge in [-0.15, -0.1) is 0 Å². The fourth-order valence-corrected chi connectivity index (χ4v) is 6.30. The summed E-state index contributed by atoms with van der Waals surface area (Å²) in [4.78, 5) is 47.2. The predicted molar refractivity (Wildman–Crippen MR) is 152 cm³/mol. The summed E-state index contributed by atoms with van der Waals surface area (Å²) in [6, 6.07) is 17.9. The van der Waals surface area contributed by atoms with Crippen LogP contribution in [-0.4, -0.2) is 30.1 Å². The van der Waals surface area contributed by atoms with Gasteiger partial charge in [0.05, 0.1) is 26.0 Å². The molecule has 0 radical (unpaired) electrons. The van der Waals surface area contributed by atoms with Crippen LogP contribution in [0.25, 0.3) is 0 Å². The Labute approximate surface area is 240 Å². The highest BCUT2D eigenvalue weighted by Crippen LogP contribution is 2.32. The van der Waals surface area contributed by atoms with Gasteiger partial charge in [-0.25, -0.2) is 13.2 Å². The Hall–Kier alpha value is -5.43. The molecule has 4 aromatic carbocycles. The van der Waals surface area contributed by atoms with Crippen molar-refractivity contribution in [2.24, 2.45) is 0 Å². The molecule has 0 fully saturated rings. The van der Waals surface area contributed by atoms with Gasteiger partial charge < -0.3 is 4.74 Å². The number of carbonyl (C=O) groups excluding carboxylic acids is 2.